The Morgan fingerprint density at radius 3 is 2.85 bits per heavy atom. The third kappa shape index (κ3) is 4.19. The van der Waals surface area contributed by atoms with Crippen molar-refractivity contribution in [1.29, 1.82) is 0 Å². The molecule has 0 saturated carbocycles. The molecule has 0 aromatic heterocycles. The summed E-state index contributed by atoms with van der Waals surface area (Å²) in [6, 6.07) is 8.53. The quantitative estimate of drug-likeness (QED) is 0.768. The van der Waals surface area contributed by atoms with Gasteiger partial charge in [0.15, 0.2) is 0 Å². The Morgan fingerprint density at radius 2 is 2.23 bits per heavy atom. The number of benzene rings is 1. The van der Waals surface area contributed by atoms with E-state index in [1.54, 1.807) is 0 Å². The Balaban J connectivity index is 2.45. The van der Waals surface area contributed by atoms with E-state index < -0.39 is 0 Å². The first-order valence-electron chi connectivity index (χ1n) is 4.58. The third-order valence-corrected chi connectivity index (χ3v) is 3.89. The molecule has 0 amide bonds. The Labute approximate surface area is 93.2 Å². The molecule has 0 bridgehead atoms. The highest BCUT2D eigenvalue weighted by Crippen LogP contribution is 2.21. The fraction of sp³-hybridized carbons (Fsp3) is 0.455. The van der Waals surface area contributed by atoms with Crippen molar-refractivity contribution in [3.05, 3.63) is 34.3 Å². The molecule has 0 aliphatic heterocycles. The van der Waals surface area contributed by atoms with Gasteiger partial charge in [0.1, 0.15) is 0 Å². The van der Waals surface area contributed by atoms with Crippen molar-refractivity contribution in [3.8, 4) is 0 Å². The van der Waals surface area contributed by atoms with Crippen molar-refractivity contribution in [2.45, 2.75) is 31.3 Å². The second-order valence-corrected chi connectivity index (χ2v) is 5.50. The molecule has 0 nitrogen and oxygen atoms in total. The van der Waals surface area contributed by atoms with Gasteiger partial charge in [-0.3, -0.25) is 0 Å². The molecule has 72 valence electrons. The lowest BCUT2D eigenvalue weighted by Gasteiger charge is -2.07. The maximum Gasteiger partial charge on any atom is 0.0187 e. The van der Waals surface area contributed by atoms with Gasteiger partial charge in [0, 0.05) is 15.5 Å². The zero-order chi connectivity index (χ0) is 9.68. The predicted molar refractivity (Wildman–Crippen MR) is 65.2 cm³/mol. The van der Waals surface area contributed by atoms with Crippen molar-refractivity contribution in [1.82, 2.24) is 0 Å². The van der Waals surface area contributed by atoms with Crippen molar-refractivity contribution in [2.75, 3.05) is 0 Å². The van der Waals surface area contributed by atoms with Gasteiger partial charge in [0.25, 0.3) is 0 Å². The zero-order valence-corrected chi connectivity index (χ0v) is 10.5. The zero-order valence-electron chi connectivity index (χ0n) is 8.09. The summed E-state index contributed by atoms with van der Waals surface area (Å²) in [6.07, 6.45) is 1.25. The molecule has 1 atom stereocenters. The molecule has 1 aromatic carbocycles. The topological polar surface area (TPSA) is 0 Å². The fourth-order valence-electron chi connectivity index (χ4n) is 0.983. The van der Waals surface area contributed by atoms with Crippen molar-refractivity contribution in [3.63, 3.8) is 0 Å². The summed E-state index contributed by atoms with van der Waals surface area (Å²) in [5, 5.41) is 0.763. The standard InChI is InChI=1S/C11H15BrS/c1-3-9(2)13-8-10-5-4-6-11(12)7-10/h4-7,9H,3,8H2,1-2H3. The number of hydrogen-bond acceptors (Lipinski definition) is 1. The molecule has 0 radical (unpaired) electrons. The van der Waals surface area contributed by atoms with Gasteiger partial charge in [-0.05, 0) is 24.1 Å². The van der Waals surface area contributed by atoms with E-state index in [1.165, 1.54) is 16.5 Å². The number of hydrogen-bond donors (Lipinski definition) is 0. The lowest BCUT2D eigenvalue weighted by atomic mass is 10.2. The Morgan fingerprint density at radius 1 is 1.46 bits per heavy atom. The summed E-state index contributed by atoms with van der Waals surface area (Å²) in [5.41, 5.74) is 1.40. The predicted octanol–water partition coefficient (Wildman–Crippen LogP) is 4.48. The maximum absolute atomic E-state index is 3.48. The molecule has 0 aliphatic carbocycles. The summed E-state index contributed by atoms with van der Waals surface area (Å²) in [6.45, 7) is 4.52. The lowest BCUT2D eigenvalue weighted by Crippen LogP contribution is -1.93. The third-order valence-electron chi connectivity index (χ3n) is 2.00. The smallest absolute Gasteiger partial charge is 0.0187 e. The molecule has 13 heavy (non-hydrogen) atoms. The fourth-order valence-corrected chi connectivity index (χ4v) is 2.32. The summed E-state index contributed by atoms with van der Waals surface area (Å²) >= 11 is 5.49. The summed E-state index contributed by atoms with van der Waals surface area (Å²) < 4.78 is 1.18. The van der Waals surface area contributed by atoms with Crippen molar-refractivity contribution in [2.24, 2.45) is 0 Å². The van der Waals surface area contributed by atoms with Crippen LogP contribution in [0.5, 0.6) is 0 Å². The van der Waals surface area contributed by atoms with Crippen LogP contribution in [0.4, 0.5) is 0 Å². The van der Waals surface area contributed by atoms with Gasteiger partial charge in [-0.2, -0.15) is 11.8 Å². The first kappa shape index (κ1) is 11.1. The largest absolute Gasteiger partial charge is 0.154 e. The molecule has 1 unspecified atom stereocenters. The van der Waals surface area contributed by atoms with Crippen molar-refractivity contribution < 1.29 is 0 Å². The highest BCUT2D eigenvalue weighted by atomic mass is 79.9. The first-order chi connectivity index (χ1) is 6.22. The van der Waals surface area contributed by atoms with E-state index in [0.29, 0.717) is 0 Å². The number of thioether (sulfide) groups is 1. The van der Waals surface area contributed by atoms with Crippen LogP contribution in [0.2, 0.25) is 0 Å². The van der Waals surface area contributed by atoms with E-state index in [-0.39, 0.29) is 0 Å². The minimum absolute atomic E-state index is 0.763. The van der Waals surface area contributed by atoms with Gasteiger partial charge in [0.05, 0.1) is 0 Å². The van der Waals surface area contributed by atoms with Crippen molar-refractivity contribution >= 4 is 27.7 Å². The average molecular weight is 259 g/mol. The van der Waals surface area contributed by atoms with E-state index in [2.05, 4.69) is 54.0 Å². The summed E-state index contributed by atoms with van der Waals surface area (Å²) in [4.78, 5) is 0. The number of halogens is 1. The normalized spacial score (nSPS) is 12.8. The molecule has 0 saturated heterocycles. The molecule has 0 fully saturated rings. The second-order valence-electron chi connectivity index (χ2n) is 3.16. The van der Waals surface area contributed by atoms with Crippen LogP contribution in [-0.4, -0.2) is 5.25 Å². The molecule has 0 heterocycles. The highest BCUT2D eigenvalue weighted by molar-refractivity contribution is 9.10. The minimum Gasteiger partial charge on any atom is -0.154 e. The van der Waals surface area contributed by atoms with Crippen LogP contribution < -0.4 is 0 Å². The molecule has 0 spiro atoms. The van der Waals surface area contributed by atoms with Gasteiger partial charge in [-0.15, -0.1) is 0 Å². The number of rotatable bonds is 4. The van der Waals surface area contributed by atoms with E-state index >= 15 is 0 Å². The van der Waals surface area contributed by atoms with Crippen LogP contribution in [0.15, 0.2) is 28.7 Å². The van der Waals surface area contributed by atoms with Gasteiger partial charge in [0.2, 0.25) is 0 Å². The van der Waals surface area contributed by atoms with Crippen LogP contribution >= 0.6 is 27.7 Å². The molecule has 2 heteroatoms. The van der Waals surface area contributed by atoms with E-state index in [1.807, 2.05) is 11.8 Å². The lowest BCUT2D eigenvalue weighted by molar-refractivity contribution is 0.905. The average Bonchev–Trinajstić information content (AvgIpc) is 2.14. The van der Waals surface area contributed by atoms with Gasteiger partial charge in [-0.1, -0.05) is 41.9 Å². The molecular weight excluding hydrogens is 244 g/mol. The maximum atomic E-state index is 3.48. The van der Waals surface area contributed by atoms with Gasteiger partial charge < -0.3 is 0 Å². The Bertz CT molecular complexity index is 260. The minimum atomic E-state index is 0.763. The van der Waals surface area contributed by atoms with E-state index in [0.717, 1.165) is 11.0 Å². The second kappa shape index (κ2) is 5.71. The van der Waals surface area contributed by atoms with E-state index in [9.17, 15) is 0 Å². The monoisotopic (exact) mass is 258 g/mol. The molecular formula is C11H15BrS. The van der Waals surface area contributed by atoms with Crippen LogP contribution in [-0.2, 0) is 5.75 Å². The Kier molecular flexibility index (Phi) is 4.89. The van der Waals surface area contributed by atoms with Gasteiger partial charge in [-0.25, -0.2) is 0 Å². The molecule has 1 aromatic rings. The highest BCUT2D eigenvalue weighted by Gasteiger charge is 2.00. The molecule has 0 N–H and O–H groups in total. The Hall–Kier alpha value is 0.0500. The summed E-state index contributed by atoms with van der Waals surface area (Å²) in [7, 11) is 0. The van der Waals surface area contributed by atoms with Crippen LogP contribution in [0.3, 0.4) is 0 Å². The van der Waals surface area contributed by atoms with Crippen LogP contribution in [0.25, 0.3) is 0 Å². The van der Waals surface area contributed by atoms with Crippen LogP contribution in [0.1, 0.15) is 25.8 Å². The molecule has 0 aliphatic rings. The SMILES string of the molecule is CCC(C)SCc1cccc(Br)c1. The van der Waals surface area contributed by atoms with E-state index in [4.69, 9.17) is 0 Å². The summed E-state index contributed by atoms with van der Waals surface area (Å²) in [5.74, 6) is 1.12. The molecule has 1 rings (SSSR count). The van der Waals surface area contributed by atoms with Crippen LogP contribution in [0, 0.1) is 0 Å². The van der Waals surface area contributed by atoms with Gasteiger partial charge >= 0.3 is 0 Å². The first-order valence-corrected chi connectivity index (χ1v) is 6.42.